The third-order valence-corrected chi connectivity index (χ3v) is 7.49. The Balaban J connectivity index is 1.75. The fourth-order valence-electron chi connectivity index (χ4n) is 3.34. The molecule has 0 atom stereocenters. The van der Waals surface area contributed by atoms with Crippen LogP contribution in [0.1, 0.15) is 32.1 Å². The fraction of sp³-hybridized carbons (Fsp3) is 0.600. The lowest BCUT2D eigenvalue weighted by Crippen LogP contribution is -2.47. The lowest BCUT2D eigenvalue weighted by Gasteiger charge is -2.41. The molecule has 2 N–H and O–H groups in total. The van der Waals surface area contributed by atoms with Gasteiger partial charge in [-0.05, 0) is 63.4 Å². The van der Waals surface area contributed by atoms with E-state index in [4.69, 9.17) is 17.3 Å². The van der Waals surface area contributed by atoms with Gasteiger partial charge >= 0.3 is 0 Å². The van der Waals surface area contributed by atoms with E-state index in [9.17, 15) is 8.42 Å². The number of likely N-dealkylation sites (tertiary alicyclic amines) is 1. The number of halogens is 1. The molecule has 1 saturated carbocycles. The average Bonchev–Trinajstić information content (AvgIpc) is 2.40. The van der Waals surface area contributed by atoms with Crippen molar-refractivity contribution >= 4 is 27.1 Å². The van der Waals surface area contributed by atoms with Gasteiger partial charge in [-0.15, -0.1) is 0 Å². The number of sulfone groups is 1. The van der Waals surface area contributed by atoms with E-state index in [-0.39, 0.29) is 15.2 Å². The summed E-state index contributed by atoms with van der Waals surface area (Å²) in [5.74, 6) is 0. The molecule has 1 aromatic rings. The number of nitrogens with two attached hydrogens (primary N) is 1. The van der Waals surface area contributed by atoms with Crippen LogP contribution in [0.25, 0.3) is 0 Å². The van der Waals surface area contributed by atoms with Crippen molar-refractivity contribution in [3.05, 3.63) is 23.2 Å². The zero-order chi connectivity index (χ0) is 15.0. The van der Waals surface area contributed by atoms with Crippen LogP contribution < -0.4 is 5.73 Å². The van der Waals surface area contributed by atoms with E-state index in [1.54, 1.807) is 12.1 Å². The summed E-state index contributed by atoms with van der Waals surface area (Å²) in [5, 5.41) is -0.0524. The van der Waals surface area contributed by atoms with Crippen molar-refractivity contribution in [3.63, 3.8) is 0 Å². The normalized spacial score (nSPS) is 27.3. The van der Waals surface area contributed by atoms with Gasteiger partial charge in [0, 0.05) is 11.7 Å². The molecule has 1 saturated heterocycles. The van der Waals surface area contributed by atoms with Crippen LogP contribution in [-0.4, -0.2) is 37.7 Å². The van der Waals surface area contributed by atoms with Crippen LogP contribution in [0.5, 0.6) is 0 Å². The van der Waals surface area contributed by atoms with Crippen LogP contribution in [0, 0.1) is 0 Å². The first kappa shape index (κ1) is 15.1. The molecule has 1 aliphatic carbocycles. The van der Waals surface area contributed by atoms with Crippen LogP contribution >= 0.6 is 11.6 Å². The molecule has 2 fully saturated rings. The number of nitrogens with zero attached hydrogens (tertiary/aromatic N) is 1. The van der Waals surface area contributed by atoms with Crippen molar-refractivity contribution in [3.8, 4) is 0 Å². The molecular formula is C15H21ClN2O2S. The van der Waals surface area contributed by atoms with E-state index < -0.39 is 9.84 Å². The van der Waals surface area contributed by atoms with Crippen molar-refractivity contribution in [2.45, 2.75) is 48.3 Å². The molecule has 1 aromatic carbocycles. The lowest BCUT2D eigenvalue weighted by atomic mass is 9.92. The molecule has 1 heterocycles. The second-order valence-corrected chi connectivity index (χ2v) is 8.66. The van der Waals surface area contributed by atoms with E-state index in [1.807, 2.05) is 0 Å². The zero-order valence-corrected chi connectivity index (χ0v) is 13.5. The van der Waals surface area contributed by atoms with Crippen molar-refractivity contribution in [1.29, 1.82) is 0 Å². The second kappa shape index (κ2) is 5.78. The maximum atomic E-state index is 12.8. The SMILES string of the molecule is Nc1ccc(Cl)c(S(=O)(=O)[C@H]2CC[C@H](N3CCC3)CC2)c1. The van der Waals surface area contributed by atoms with Gasteiger partial charge in [-0.25, -0.2) is 8.42 Å². The molecule has 21 heavy (non-hydrogen) atoms. The first-order valence-corrected chi connectivity index (χ1v) is 9.44. The van der Waals surface area contributed by atoms with Gasteiger partial charge in [-0.3, -0.25) is 0 Å². The molecule has 116 valence electrons. The number of hydrogen-bond acceptors (Lipinski definition) is 4. The first-order chi connectivity index (χ1) is 9.98. The summed E-state index contributed by atoms with van der Waals surface area (Å²) in [5.41, 5.74) is 6.15. The Morgan fingerprint density at radius 2 is 1.81 bits per heavy atom. The number of rotatable bonds is 3. The van der Waals surface area contributed by atoms with Crippen molar-refractivity contribution in [2.75, 3.05) is 18.8 Å². The lowest BCUT2D eigenvalue weighted by molar-refractivity contribution is 0.0919. The highest BCUT2D eigenvalue weighted by Crippen LogP contribution is 2.35. The van der Waals surface area contributed by atoms with Gasteiger partial charge < -0.3 is 10.6 Å². The van der Waals surface area contributed by atoms with Crippen LogP contribution in [-0.2, 0) is 9.84 Å². The highest BCUT2D eigenvalue weighted by Gasteiger charge is 2.36. The quantitative estimate of drug-likeness (QED) is 0.866. The summed E-state index contributed by atoms with van der Waals surface area (Å²) in [6.07, 6.45) is 4.63. The Bertz CT molecular complexity index is 621. The van der Waals surface area contributed by atoms with Gasteiger partial charge in [-0.2, -0.15) is 0 Å². The zero-order valence-electron chi connectivity index (χ0n) is 12.0. The van der Waals surface area contributed by atoms with Gasteiger partial charge in [0.05, 0.1) is 15.2 Å². The molecule has 0 unspecified atom stereocenters. The Morgan fingerprint density at radius 3 is 2.38 bits per heavy atom. The monoisotopic (exact) mass is 328 g/mol. The molecule has 4 nitrogen and oxygen atoms in total. The minimum Gasteiger partial charge on any atom is -0.399 e. The predicted octanol–water partition coefficient (Wildman–Crippen LogP) is 2.71. The minimum absolute atomic E-state index is 0.191. The number of anilines is 1. The number of benzene rings is 1. The second-order valence-electron chi connectivity index (χ2n) is 6.05. The van der Waals surface area contributed by atoms with Gasteiger partial charge in [0.15, 0.2) is 9.84 Å². The average molecular weight is 329 g/mol. The summed E-state index contributed by atoms with van der Waals surface area (Å²) in [6, 6.07) is 5.25. The van der Waals surface area contributed by atoms with E-state index in [1.165, 1.54) is 25.6 Å². The van der Waals surface area contributed by atoms with E-state index in [0.29, 0.717) is 24.6 Å². The van der Waals surface area contributed by atoms with Gasteiger partial charge in [0.2, 0.25) is 0 Å². The van der Waals surface area contributed by atoms with Crippen molar-refractivity contribution in [2.24, 2.45) is 0 Å². The Hall–Kier alpha value is -0.780. The number of nitrogen functional groups attached to an aromatic ring is 1. The maximum Gasteiger partial charge on any atom is 0.182 e. The van der Waals surface area contributed by atoms with Gasteiger partial charge in [0.1, 0.15) is 0 Å². The molecular weight excluding hydrogens is 308 g/mol. The summed E-state index contributed by atoms with van der Waals surface area (Å²) >= 11 is 6.07. The topological polar surface area (TPSA) is 63.4 Å². The maximum absolute atomic E-state index is 12.8. The highest BCUT2D eigenvalue weighted by atomic mass is 35.5. The van der Waals surface area contributed by atoms with Crippen molar-refractivity contribution in [1.82, 2.24) is 4.90 Å². The van der Waals surface area contributed by atoms with Gasteiger partial charge in [-0.1, -0.05) is 11.6 Å². The summed E-state index contributed by atoms with van der Waals surface area (Å²) in [6.45, 7) is 2.34. The van der Waals surface area contributed by atoms with Crippen LogP contribution in [0.3, 0.4) is 0 Å². The largest absolute Gasteiger partial charge is 0.399 e. The molecule has 6 heteroatoms. The van der Waals surface area contributed by atoms with Gasteiger partial charge in [0.25, 0.3) is 0 Å². The van der Waals surface area contributed by atoms with E-state index >= 15 is 0 Å². The highest BCUT2D eigenvalue weighted by molar-refractivity contribution is 7.92. The Kier molecular flexibility index (Phi) is 4.17. The molecule has 1 aliphatic heterocycles. The molecule has 0 spiro atoms. The number of hydrogen-bond donors (Lipinski definition) is 1. The van der Waals surface area contributed by atoms with E-state index in [2.05, 4.69) is 4.90 Å². The standard InChI is InChI=1S/C15H21ClN2O2S/c16-14-7-2-11(17)10-15(14)21(19,20)13-5-3-12(4-6-13)18-8-1-9-18/h2,7,10,12-13H,1,3-6,8-9,17H2/t12-,13-. The smallest absolute Gasteiger partial charge is 0.182 e. The van der Waals surface area contributed by atoms with Crippen LogP contribution in [0.15, 0.2) is 23.1 Å². The third kappa shape index (κ3) is 2.91. The van der Waals surface area contributed by atoms with Crippen LogP contribution in [0.4, 0.5) is 5.69 Å². The predicted molar refractivity (Wildman–Crippen MR) is 85.3 cm³/mol. The molecule has 2 aliphatic rings. The Labute approximate surface area is 131 Å². The minimum atomic E-state index is -3.38. The molecule has 0 aromatic heterocycles. The third-order valence-electron chi connectivity index (χ3n) is 4.75. The molecule has 0 amide bonds. The Morgan fingerprint density at radius 1 is 1.14 bits per heavy atom. The first-order valence-electron chi connectivity index (χ1n) is 7.51. The molecule has 3 rings (SSSR count). The summed E-state index contributed by atoms with van der Waals surface area (Å²) in [4.78, 5) is 2.66. The van der Waals surface area contributed by atoms with Crippen molar-refractivity contribution < 1.29 is 8.42 Å². The summed E-state index contributed by atoms with van der Waals surface area (Å²) in [7, 11) is -3.38. The summed E-state index contributed by atoms with van der Waals surface area (Å²) < 4.78 is 25.5. The van der Waals surface area contributed by atoms with Crippen LogP contribution in [0.2, 0.25) is 5.02 Å². The fourth-order valence-corrected chi connectivity index (χ4v) is 5.68. The molecule has 0 bridgehead atoms. The molecule has 0 radical (unpaired) electrons. The van der Waals surface area contributed by atoms with E-state index in [0.717, 1.165) is 12.8 Å².